The van der Waals surface area contributed by atoms with E-state index >= 15 is 0 Å². The molecule has 6 atom stereocenters. The van der Waals surface area contributed by atoms with E-state index in [1.807, 2.05) is 6.08 Å². The lowest BCUT2D eigenvalue weighted by Gasteiger charge is -2.58. The molecule has 0 aromatic heterocycles. The van der Waals surface area contributed by atoms with Crippen LogP contribution in [0.5, 0.6) is 0 Å². The summed E-state index contributed by atoms with van der Waals surface area (Å²) in [5.74, 6) is 1.85. The van der Waals surface area contributed by atoms with Crippen LogP contribution in [0.3, 0.4) is 0 Å². The molecule has 0 bridgehead atoms. The number of carbonyl (C=O) groups excluding carboxylic acids is 2. The molecule has 0 saturated heterocycles. The molecule has 138 valence electrons. The van der Waals surface area contributed by atoms with E-state index in [4.69, 9.17) is 0 Å². The number of allylic oxidation sites excluding steroid dienone is 1. The molecule has 0 amide bonds. The monoisotopic (exact) mass is 408 g/mol. The van der Waals surface area contributed by atoms with Crippen molar-refractivity contribution in [2.75, 3.05) is 5.33 Å². The first-order chi connectivity index (χ1) is 11.8. The van der Waals surface area contributed by atoms with E-state index in [-0.39, 0.29) is 21.9 Å². The van der Waals surface area contributed by atoms with Crippen molar-refractivity contribution >= 4 is 27.5 Å². The molecule has 3 saturated carbocycles. The number of hydrogen-bond donors (Lipinski definition) is 1. The van der Waals surface area contributed by atoms with Gasteiger partial charge < -0.3 is 5.11 Å². The Morgan fingerprint density at radius 2 is 1.88 bits per heavy atom. The van der Waals surface area contributed by atoms with Gasteiger partial charge in [-0.15, -0.1) is 0 Å². The van der Waals surface area contributed by atoms with Gasteiger partial charge in [-0.25, -0.2) is 0 Å². The highest BCUT2D eigenvalue weighted by atomic mass is 79.9. The van der Waals surface area contributed by atoms with E-state index in [9.17, 15) is 14.7 Å². The van der Waals surface area contributed by atoms with Gasteiger partial charge in [0.2, 0.25) is 0 Å². The molecule has 1 N–H and O–H groups in total. The minimum Gasteiger partial charge on any atom is -0.381 e. The molecule has 0 aliphatic heterocycles. The van der Waals surface area contributed by atoms with E-state index in [1.165, 1.54) is 5.57 Å². The van der Waals surface area contributed by atoms with Crippen LogP contribution in [-0.4, -0.2) is 27.6 Å². The molecule has 25 heavy (non-hydrogen) atoms. The van der Waals surface area contributed by atoms with Crippen LogP contribution in [0.1, 0.15) is 65.2 Å². The number of halogens is 1. The SMILES string of the molecule is C[C@]12CCC(=O)C=C1CC[C@H]1[C@H]2CC[C@@]2(C)[C@@H]1CC[C@]2(O)C(=O)CBr. The van der Waals surface area contributed by atoms with Crippen LogP contribution in [-0.2, 0) is 9.59 Å². The Bertz CT molecular complexity index is 656. The zero-order chi connectivity index (χ0) is 18.0. The van der Waals surface area contributed by atoms with Crippen molar-refractivity contribution in [3.05, 3.63) is 11.6 Å². The van der Waals surface area contributed by atoms with E-state index in [0.29, 0.717) is 36.4 Å². The summed E-state index contributed by atoms with van der Waals surface area (Å²) in [5.41, 5.74) is 0.0730. The second-order valence-corrected chi connectivity index (χ2v) is 9.94. The Labute approximate surface area is 158 Å². The number of Topliss-reactive ketones (excluding diaryl/α,β-unsaturated/α-hetero) is 1. The zero-order valence-corrected chi connectivity index (χ0v) is 16.9. The van der Waals surface area contributed by atoms with Crippen molar-refractivity contribution in [2.45, 2.75) is 70.8 Å². The fourth-order valence-corrected chi connectivity index (χ4v) is 7.61. The Morgan fingerprint density at radius 3 is 2.60 bits per heavy atom. The third-order valence-corrected chi connectivity index (χ3v) is 9.21. The van der Waals surface area contributed by atoms with Gasteiger partial charge >= 0.3 is 0 Å². The lowest BCUT2D eigenvalue weighted by molar-refractivity contribution is -0.159. The molecule has 4 heteroatoms. The number of carbonyl (C=O) groups is 2. The largest absolute Gasteiger partial charge is 0.381 e. The van der Waals surface area contributed by atoms with Gasteiger partial charge in [-0.05, 0) is 74.2 Å². The first-order valence-corrected chi connectivity index (χ1v) is 10.9. The van der Waals surface area contributed by atoms with Crippen molar-refractivity contribution in [3.63, 3.8) is 0 Å². The molecular formula is C21H29BrO3. The molecule has 0 aromatic carbocycles. The second-order valence-electron chi connectivity index (χ2n) is 9.38. The van der Waals surface area contributed by atoms with Crippen molar-refractivity contribution in [1.82, 2.24) is 0 Å². The number of ketones is 2. The predicted molar refractivity (Wildman–Crippen MR) is 100 cm³/mol. The second kappa shape index (κ2) is 5.76. The minimum absolute atomic E-state index is 0.0400. The van der Waals surface area contributed by atoms with Gasteiger partial charge in [0.15, 0.2) is 11.6 Å². The zero-order valence-electron chi connectivity index (χ0n) is 15.3. The molecule has 3 fully saturated rings. The Balaban J connectivity index is 1.68. The Kier molecular flexibility index (Phi) is 4.12. The third-order valence-electron chi connectivity index (χ3n) is 8.70. The summed E-state index contributed by atoms with van der Waals surface area (Å²) >= 11 is 3.28. The van der Waals surface area contributed by atoms with Crippen LogP contribution >= 0.6 is 15.9 Å². The fraction of sp³-hybridized carbons (Fsp3) is 0.810. The molecule has 0 heterocycles. The first kappa shape index (κ1) is 17.9. The van der Waals surface area contributed by atoms with Crippen molar-refractivity contribution in [2.24, 2.45) is 28.6 Å². The van der Waals surface area contributed by atoms with Crippen LogP contribution in [0.4, 0.5) is 0 Å². The van der Waals surface area contributed by atoms with Crippen LogP contribution in [0.25, 0.3) is 0 Å². The summed E-state index contributed by atoms with van der Waals surface area (Å²) in [6, 6.07) is 0. The van der Waals surface area contributed by atoms with Crippen LogP contribution < -0.4 is 0 Å². The number of alkyl halides is 1. The number of rotatable bonds is 2. The molecule has 0 spiro atoms. The van der Waals surface area contributed by atoms with Crippen molar-refractivity contribution < 1.29 is 14.7 Å². The summed E-state index contributed by atoms with van der Waals surface area (Å²) in [7, 11) is 0. The maximum atomic E-state index is 12.5. The summed E-state index contributed by atoms with van der Waals surface area (Å²) in [4.78, 5) is 24.4. The standard InChI is InChI=1S/C21H29BrO3/c1-19-8-5-14(23)11-13(19)3-4-15-16(19)6-9-20(2)17(15)7-10-21(20,25)18(24)12-22/h11,15-17,25H,3-10,12H2,1-2H3/t15-,16+,17+,19-,20-,21-/m0/s1. The van der Waals surface area contributed by atoms with Gasteiger partial charge in [-0.1, -0.05) is 35.4 Å². The Hall–Kier alpha value is -0.480. The smallest absolute Gasteiger partial charge is 0.175 e. The van der Waals surface area contributed by atoms with E-state index < -0.39 is 5.60 Å². The molecule has 4 rings (SSSR count). The summed E-state index contributed by atoms with van der Waals surface area (Å²) in [6.07, 6.45) is 9.28. The summed E-state index contributed by atoms with van der Waals surface area (Å²) in [5, 5.41) is 11.5. The molecule has 3 nitrogen and oxygen atoms in total. The van der Waals surface area contributed by atoms with E-state index in [1.54, 1.807) is 0 Å². The average Bonchev–Trinajstić information content (AvgIpc) is 2.87. The fourth-order valence-electron chi connectivity index (χ4n) is 7.14. The molecule has 0 aromatic rings. The highest BCUT2D eigenvalue weighted by Crippen LogP contribution is 2.67. The molecule has 4 aliphatic carbocycles. The van der Waals surface area contributed by atoms with Gasteiger partial charge in [0.25, 0.3) is 0 Å². The Morgan fingerprint density at radius 1 is 1.16 bits per heavy atom. The van der Waals surface area contributed by atoms with Gasteiger partial charge in [-0.3, -0.25) is 9.59 Å². The quantitative estimate of drug-likeness (QED) is 0.695. The predicted octanol–water partition coefficient (Wildman–Crippen LogP) is 4.21. The summed E-state index contributed by atoms with van der Waals surface area (Å²) < 4.78 is 0. The van der Waals surface area contributed by atoms with Gasteiger partial charge in [0, 0.05) is 11.8 Å². The maximum absolute atomic E-state index is 12.5. The third kappa shape index (κ3) is 2.25. The van der Waals surface area contributed by atoms with Gasteiger partial charge in [0.1, 0.15) is 5.60 Å². The number of hydrogen-bond acceptors (Lipinski definition) is 3. The number of aliphatic hydroxyl groups is 1. The van der Waals surface area contributed by atoms with Crippen LogP contribution in [0.2, 0.25) is 0 Å². The molecule has 0 radical (unpaired) electrons. The first-order valence-electron chi connectivity index (χ1n) is 9.82. The van der Waals surface area contributed by atoms with E-state index in [0.717, 1.165) is 38.5 Å². The van der Waals surface area contributed by atoms with Gasteiger partial charge in [-0.2, -0.15) is 0 Å². The lowest BCUT2D eigenvalue weighted by Crippen LogP contribution is -2.57. The highest BCUT2D eigenvalue weighted by Gasteiger charge is 2.65. The molecule has 4 aliphatic rings. The average molecular weight is 409 g/mol. The lowest BCUT2D eigenvalue weighted by atomic mass is 9.46. The highest BCUT2D eigenvalue weighted by molar-refractivity contribution is 9.09. The van der Waals surface area contributed by atoms with Gasteiger partial charge in [0.05, 0.1) is 5.33 Å². The van der Waals surface area contributed by atoms with Crippen LogP contribution in [0.15, 0.2) is 11.6 Å². The maximum Gasteiger partial charge on any atom is 0.175 e. The van der Waals surface area contributed by atoms with Crippen LogP contribution in [0, 0.1) is 28.6 Å². The molecule has 0 unspecified atom stereocenters. The topological polar surface area (TPSA) is 54.4 Å². The van der Waals surface area contributed by atoms with Crippen molar-refractivity contribution in [1.29, 1.82) is 0 Å². The minimum atomic E-state index is -1.16. The van der Waals surface area contributed by atoms with Crippen molar-refractivity contribution in [3.8, 4) is 0 Å². The number of fused-ring (bicyclic) bond motifs is 5. The summed E-state index contributed by atoms with van der Waals surface area (Å²) in [6.45, 7) is 4.54. The molecular weight excluding hydrogens is 380 g/mol. The normalized spacial score (nSPS) is 49.0. The van der Waals surface area contributed by atoms with E-state index in [2.05, 4.69) is 29.8 Å².